The van der Waals surface area contributed by atoms with Crippen molar-refractivity contribution in [2.24, 2.45) is 0 Å². The molecule has 1 atom stereocenters. The maximum absolute atomic E-state index is 11.7. The van der Waals surface area contributed by atoms with Crippen LogP contribution in [0.2, 0.25) is 0 Å². The highest BCUT2D eigenvalue weighted by Gasteiger charge is 2.40. The van der Waals surface area contributed by atoms with Gasteiger partial charge in [0.05, 0.1) is 5.41 Å². The normalized spacial score (nSPS) is 26.4. The van der Waals surface area contributed by atoms with E-state index in [9.17, 15) is 9.90 Å². The van der Waals surface area contributed by atoms with Gasteiger partial charge in [-0.25, -0.2) is 0 Å². The molecule has 0 radical (unpaired) electrons. The first-order valence-electron chi connectivity index (χ1n) is 6.13. The van der Waals surface area contributed by atoms with E-state index in [1.165, 1.54) is 0 Å². The third-order valence-corrected chi connectivity index (χ3v) is 3.80. The van der Waals surface area contributed by atoms with E-state index in [0.717, 1.165) is 31.5 Å². The number of carbonyl (C=O) groups is 1. The zero-order valence-electron chi connectivity index (χ0n) is 10.2. The van der Waals surface area contributed by atoms with Gasteiger partial charge in [0.25, 0.3) is 0 Å². The van der Waals surface area contributed by atoms with Crippen LogP contribution in [0.15, 0.2) is 30.3 Å². The van der Waals surface area contributed by atoms with Crippen molar-refractivity contribution in [1.29, 1.82) is 0 Å². The van der Waals surface area contributed by atoms with E-state index in [0.29, 0.717) is 6.42 Å². The van der Waals surface area contributed by atoms with Crippen molar-refractivity contribution >= 4 is 5.97 Å². The first-order valence-corrected chi connectivity index (χ1v) is 6.13. The summed E-state index contributed by atoms with van der Waals surface area (Å²) >= 11 is 0. The second-order valence-corrected chi connectivity index (χ2v) is 4.91. The van der Waals surface area contributed by atoms with Crippen molar-refractivity contribution in [2.45, 2.75) is 24.7 Å². The Balaban J connectivity index is 2.36. The van der Waals surface area contributed by atoms with Gasteiger partial charge in [0.2, 0.25) is 0 Å². The summed E-state index contributed by atoms with van der Waals surface area (Å²) in [5, 5.41) is 9.63. The van der Waals surface area contributed by atoms with E-state index in [1.807, 2.05) is 30.3 Å². The molecule has 1 aliphatic heterocycles. The number of carboxylic acids is 1. The Bertz CT molecular complexity index is 390. The molecule has 0 amide bonds. The first kappa shape index (κ1) is 12.1. The van der Waals surface area contributed by atoms with Crippen molar-refractivity contribution in [3.8, 4) is 0 Å². The van der Waals surface area contributed by atoms with Crippen molar-refractivity contribution in [1.82, 2.24) is 4.90 Å². The van der Waals surface area contributed by atoms with Crippen LogP contribution in [0.1, 0.15) is 24.8 Å². The molecule has 1 aromatic rings. The minimum atomic E-state index is -0.688. The van der Waals surface area contributed by atoms with Gasteiger partial charge in [-0.1, -0.05) is 30.3 Å². The molecule has 0 aliphatic carbocycles. The fourth-order valence-corrected chi connectivity index (χ4v) is 2.65. The number of carboxylic acid groups (broad SMARTS) is 1. The van der Waals surface area contributed by atoms with E-state index >= 15 is 0 Å². The van der Waals surface area contributed by atoms with Gasteiger partial charge in [-0.3, -0.25) is 4.79 Å². The molecule has 0 spiro atoms. The Kier molecular flexibility index (Phi) is 3.48. The van der Waals surface area contributed by atoms with Crippen LogP contribution in [0, 0.1) is 0 Å². The summed E-state index contributed by atoms with van der Waals surface area (Å²) in [5.41, 5.74) is 0.259. The third kappa shape index (κ3) is 2.34. The lowest BCUT2D eigenvalue weighted by Gasteiger charge is -2.28. The van der Waals surface area contributed by atoms with E-state index in [2.05, 4.69) is 11.9 Å². The lowest BCUT2D eigenvalue weighted by atomic mass is 9.74. The van der Waals surface area contributed by atoms with Crippen LogP contribution in [0.5, 0.6) is 0 Å². The maximum Gasteiger partial charge on any atom is 0.314 e. The average molecular weight is 233 g/mol. The zero-order valence-corrected chi connectivity index (χ0v) is 10.2. The average Bonchev–Trinajstić information content (AvgIpc) is 2.53. The van der Waals surface area contributed by atoms with Gasteiger partial charge in [-0.05, 0) is 45.0 Å². The molecule has 1 saturated heterocycles. The van der Waals surface area contributed by atoms with Crippen LogP contribution in [0.4, 0.5) is 0 Å². The van der Waals surface area contributed by atoms with E-state index in [-0.39, 0.29) is 0 Å². The molecule has 1 aliphatic rings. The second-order valence-electron chi connectivity index (χ2n) is 4.91. The first-order chi connectivity index (χ1) is 8.15. The molecule has 1 N–H and O–H groups in total. The molecular formula is C14H19NO2. The number of nitrogens with zero attached hydrogens (tertiary/aromatic N) is 1. The monoisotopic (exact) mass is 233 g/mol. The zero-order chi connectivity index (χ0) is 12.3. The van der Waals surface area contributed by atoms with Crippen LogP contribution in [-0.4, -0.2) is 36.1 Å². The number of rotatable bonds is 2. The van der Waals surface area contributed by atoms with Gasteiger partial charge < -0.3 is 10.0 Å². The van der Waals surface area contributed by atoms with Gasteiger partial charge in [-0.2, -0.15) is 0 Å². The standard InChI is InChI=1S/C14H19NO2/c1-15-10-5-8-14(9-11-15,13(16)17)12-6-3-2-4-7-12/h2-4,6-7H,5,8-11H2,1H3,(H,16,17). The maximum atomic E-state index is 11.7. The minimum absolute atomic E-state index is 0.681. The quantitative estimate of drug-likeness (QED) is 0.850. The molecule has 1 unspecified atom stereocenters. The van der Waals surface area contributed by atoms with Crippen molar-refractivity contribution in [3.63, 3.8) is 0 Å². The molecule has 17 heavy (non-hydrogen) atoms. The number of hydrogen-bond donors (Lipinski definition) is 1. The predicted molar refractivity (Wildman–Crippen MR) is 67.1 cm³/mol. The van der Waals surface area contributed by atoms with Crippen LogP contribution >= 0.6 is 0 Å². The highest BCUT2D eigenvalue weighted by atomic mass is 16.4. The van der Waals surface area contributed by atoms with Gasteiger partial charge in [-0.15, -0.1) is 0 Å². The summed E-state index contributed by atoms with van der Waals surface area (Å²) < 4.78 is 0. The highest BCUT2D eigenvalue weighted by Crippen LogP contribution is 2.35. The van der Waals surface area contributed by atoms with E-state index in [1.54, 1.807) is 0 Å². The molecule has 1 aromatic carbocycles. The van der Waals surface area contributed by atoms with Crippen LogP contribution in [0.25, 0.3) is 0 Å². The molecule has 0 bridgehead atoms. The van der Waals surface area contributed by atoms with E-state index < -0.39 is 11.4 Å². The summed E-state index contributed by atoms with van der Waals surface area (Å²) in [7, 11) is 2.06. The Hall–Kier alpha value is -1.35. The highest BCUT2D eigenvalue weighted by molar-refractivity contribution is 5.81. The Morgan fingerprint density at radius 1 is 1.24 bits per heavy atom. The van der Waals surface area contributed by atoms with Gasteiger partial charge in [0.1, 0.15) is 0 Å². The molecule has 3 heteroatoms. The molecular weight excluding hydrogens is 214 g/mol. The van der Waals surface area contributed by atoms with Gasteiger partial charge in [0.15, 0.2) is 0 Å². The van der Waals surface area contributed by atoms with Crippen molar-refractivity contribution in [3.05, 3.63) is 35.9 Å². The van der Waals surface area contributed by atoms with Crippen LogP contribution in [0.3, 0.4) is 0 Å². The Morgan fingerprint density at radius 2 is 1.94 bits per heavy atom. The predicted octanol–water partition coefficient (Wildman–Crippen LogP) is 2.12. The smallest absolute Gasteiger partial charge is 0.314 e. The summed E-state index contributed by atoms with van der Waals surface area (Å²) in [4.78, 5) is 13.9. The van der Waals surface area contributed by atoms with Crippen LogP contribution in [-0.2, 0) is 10.2 Å². The number of benzene rings is 1. The molecule has 1 heterocycles. The third-order valence-electron chi connectivity index (χ3n) is 3.80. The molecule has 3 nitrogen and oxygen atoms in total. The fourth-order valence-electron chi connectivity index (χ4n) is 2.65. The molecule has 1 fully saturated rings. The molecule has 0 saturated carbocycles. The summed E-state index contributed by atoms with van der Waals surface area (Å²) in [5.74, 6) is -0.681. The van der Waals surface area contributed by atoms with E-state index in [4.69, 9.17) is 0 Å². The molecule has 0 aromatic heterocycles. The lowest BCUT2D eigenvalue weighted by Crippen LogP contribution is -2.36. The Morgan fingerprint density at radius 3 is 2.59 bits per heavy atom. The second kappa shape index (κ2) is 4.88. The summed E-state index contributed by atoms with van der Waals surface area (Å²) in [6.07, 6.45) is 2.37. The van der Waals surface area contributed by atoms with Crippen molar-refractivity contribution in [2.75, 3.05) is 20.1 Å². The van der Waals surface area contributed by atoms with Crippen LogP contribution < -0.4 is 0 Å². The molecule has 92 valence electrons. The van der Waals surface area contributed by atoms with Crippen molar-refractivity contribution < 1.29 is 9.90 Å². The minimum Gasteiger partial charge on any atom is -0.481 e. The number of hydrogen-bond acceptors (Lipinski definition) is 2. The summed E-state index contributed by atoms with van der Waals surface area (Å²) in [6.45, 7) is 1.84. The van der Waals surface area contributed by atoms with Gasteiger partial charge in [0, 0.05) is 0 Å². The lowest BCUT2D eigenvalue weighted by molar-refractivity contribution is -0.144. The topological polar surface area (TPSA) is 40.5 Å². The fraction of sp³-hybridized carbons (Fsp3) is 0.500. The molecule has 2 rings (SSSR count). The SMILES string of the molecule is CN1CCCC(C(=O)O)(c2ccccc2)CC1. The number of likely N-dealkylation sites (tertiary alicyclic amines) is 1. The largest absolute Gasteiger partial charge is 0.481 e. The van der Waals surface area contributed by atoms with Gasteiger partial charge >= 0.3 is 5.97 Å². The Labute approximate surface area is 102 Å². The number of aliphatic carboxylic acids is 1. The summed E-state index contributed by atoms with van der Waals surface area (Å²) in [6, 6.07) is 9.67.